The molecule has 1 rings (SSSR count). The van der Waals surface area contributed by atoms with Crippen LogP contribution in [0.2, 0.25) is 5.02 Å². The van der Waals surface area contributed by atoms with Crippen molar-refractivity contribution in [2.45, 2.75) is 0 Å². The summed E-state index contributed by atoms with van der Waals surface area (Å²) in [4.78, 5) is 12.0. The topological polar surface area (TPSA) is 55.2 Å². The van der Waals surface area contributed by atoms with E-state index in [0.29, 0.717) is 5.02 Å². The van der Waals surface area contributed by atoms with Gasteiger partial charge in [0.2, 0.25) is 0 Å². The van der Waals surface area contributed by atoms with Crippen LogP contribution in [-0.2, 0) is 0 Å². The summed E-state index contributed by atoms with van der Waals surface area (Å²) in [6, 6.07) is 4.09. The summed E-state index contributed by atoms with van der Waals surface area (Å²) in [7, 11) is 0. The SMILES string of the molecule is O=[N+]([O-])c1ccc(Cl)cc1NCl. The molecule has 6 heteroatoms. The predicted molar refractivity (Wildman–Crippen MR) is 47.6 cm³/mol. The molecule has 0 bridgehead atoms. The van der Waals surface area contributed by atoms with Crippen LogP contribution in [0, 0.1) is 10.1 Å². The molecule has 1 aromatic carbocycles. The molecule has 0 radical (unpaired) electrons. The molecule has 0 saturated carbocycles. The Balaban J connectivity index is 3.20. The van der Waals surface area contributed by atoms with Crippen molar-refractivity contribution in [3.8, 4) is 0 Å². The van der Waals surface area contributed by atoms with E-state index in [9.17, 15) is 10.1 Å². The standard InChI is InChI=1S/C6H4Cl2N2O2/c7-4-1-2-6(10(11)12)5(3-4)9-8/h1-3,9H. The molecule has 0 aliphatic heterocycles. The van der Waals surface area contributed by atoms with Crippen LogP contribution in [0.1, 0.15) is 0 Å². The van der Waals surface area contributed by atoms with E-state index in [1.807, 2.05) is 0 Å². The molecule has 0 aliphatic rings. The number of anilines is 1. The Hall–Kier alpha value is -1.00. The summed E-state index contributed by atoms with van der Waals surface area (Å²) >= 11 is 10.8. The molecular formula is C6H4Cl2N2O2. The zero-order valence-corrected chi connectivity index (χ0v) is 7.26. The lowest BCUT2D eigenvalue weighted by Crippen LogP contribution is -1.92. The Labute approximate surface area is 78.4 Å². The highest BCUT2D eigenvalue weighted by molar-refractivity contribution is 6.31. The number of nitro groups is 1. The molecule has 0 atom stereocenters. The van der Waals surface area contributed by atoms with Crippen LogP contribution >= 0.6 is 23.4 Å². The normalized spacial score (nSPS) is 9.50. The average molecular weight is 207 g/mol. The van der Waals surface area contributed by atoms with Gasteiger partial charge in [-0.05, 0) is 12.1 Å². The summed E-state index contributed by atoms with van der Waals surface area (Å²) in [5.41, 5.74) is 0.0866. The van der Waals surface area contributed by atoms with Gasteiger partial charge in [0, 0.05) is 22.9 Å². The van der Waals surface area contributed by atoms with Crippen LogP contribution in [-0.4, -0.2) is 4.92 Å². The van der Waals surface area contributed by atoms with Gasteiger partial charge in [-0.3, -0.25) is 15.0 Å². The number of nitro benzene ring substituents is 1. The minimum atomic E-state index is -0.541. The molecule has 0 heterocycles. The Morgan fingerprint density at radius 1 is 1.50 bits per heavy atom. The minimum absolute atomic E-state index is 0.102. The molecule has 1 N–H and O–H groups in total. The summed E-state index contributed by atoms with van der Waals surface area (Å²) in [5.74, 6) is 0. The Kier molecular flexibility index (Phi) is 2.73. The Bertz CT molecular complexity index is 316. The fourth-order valence-electron chi connectivity index (χ4n) is 0.743. The van der Waals surface area contributed by atoms with Crippen LogP contribution in [0.4, 0.5) is 11.4 Å². The molecule has 0 aromatic heterocycles. The number of benzene rings is 1. The highest BCUT2D eigenvalue weighted by Crippen LogP contribution is 2.27. The zero-order chi connectivity index (χ0) is 9.14. The van der Waals surface area contributed by atoms with Crippen molar-refractivity contribution in [3.63, 3.8) is 0 Å². The first-order chi connectivity index (χ1) is 5.65. The first kappa shape index (κ1) is 9.09. The predicted octanol–water partition coefficient (Wildman–Crippen LogP) is 2.81. The average Bonchev–Trinajstić information content (AvgIpc) is 2.03. The summed E-state index contributed by atoms with van der Waals surface area (Å²) in [6.07, 6.45) is 0. The Morgan fingerprint density at radius 2 is 2.17 bits per heavy atom. The van der Waals surface area contributed by atoms with Gasteiger partial charge in [-0.15, -0.1) is 0 Å². The lowest BCUT2D eigenvalue weighted by Gasteiger charge is -1.99. The van der Waals surface area contributed by atoms with E-state index in [0.717, 1.165) is 0 Å². The molecule has 4 nitrogen and oxygen atoms in total. The fourth-order valence-corrected chi connectivity index (χ4v) is 1.07. The second-order valence-corrected chi connectivity index (χ2v) is 2.64. The lowest BCUT2D eigenvalue weighted by atomic mass is 10.3. The minimum Gasteiger partial charge on any atom is -0.292 e. The highest BCUT2D eigenvalue weighted by atomic mass is 35.5. The number of hydrogen-bond donors (Lipinski definition) is 1. The van der Waals surface area contributed by atoms with Gasteiger partial charge in [0.1, 0.15) is 5.69 Å². The van der Waals surface area contributed by atoms with E-state index in [-0.39, 0.29) is 11.4 Å². The third-order valence-corrected chi connectivity index (χ3v) is 1.70. The van der Waals surface area contributed by atoms with E-state index < -0.39 is 4.92 Å². The van der Waals surface area contributed by atoms with Gasteiger partial charge >= 0.3 is 0 Å². The van der Waals surface area contributed by atoms with Crippen molar-refractivity contribution in [1.82, 2.24) is 0 Å². The van der Waals surface area contributed by atoms with E-state index in [1.54, 1.807) is 0 Å². The van der Waals surface area contributed by atoms with Crippen molar-refractivity contribution in [3.05, 3.63) is 33.3 Å². The van der Waals surface area contributed by atoms with Crippen LogP contribution in [0.5, 0.6) is 0 Å². The maximum absolute atomic E-state index is 10.4. The van der Waals surface area contributed by atoms with Crippen molar-refractivity contribution in [2.24, 2.45) is 0 Å². The molecule has 0 unspecified atom stereocenters. The van der Waals surface area contributed by atoms with Gasteiger partial charge in [0.25, 0.3) is 5.69 Å². The molecule has 1 aromatic rings. The second-order valence-electron chi connectivity index (χ2n) is 2.01. The lowest BCUT2D eigenvalue weighted by molar-refractivity contribution is -0.383. The summed E-state index contributed by atoms with van der Waals surface area (Å²) in [5, 5.41) is 10.7. The number of hydrogen-bond acceptors (Lipinski definition) is 3. The van der Waals surface area contributed by atoms with Crippen molar-refractivity contribution >= 4 is 34.8 Å². The first-order valence-corrected chi connectivity index (χ1v) is 3.71. The number of rotatable bonds is 2. The second kappa shape index (κ2) is 3.60. The number of nitrogens with one attached hydrogen (secondary N) is 1. The maximum atomic E-state index is 10.4. The van der Waals surface area contributed by atoms with Gasteiger partial charge in [-0.1, -0.05) is 11.6 Å². The van der Waals surface area contributed by atoms with E-state index in [4.69, 9.17) is 23.4 Å². The van der Waals surface area contributed by atoms with Crippen LogP contribution in [0.25, 0.3) is 0 Å². The quantitative estimate of drug-likeness (QED) is 0.460. The molecular weight excluding hydrogens is 203 g/mol. The van der Waals surface area contributed by atoms with Gasteiger partial charge < -0.3 is 0 Å². The summed E-state index contributed by atoms with van der Waals surface area (Å²) in [6.45, 7) is 0. The monoisotopic (exact) mass is 206 g/mol. The molecule has 0 amide bonds. The highest BCUT2D eigenvalue weighted by Gasteiger charge is 2.12. The van der Waals surface area contributed by atoms with Crippen molar-refractivity contribution in [1.29, 1.82) is 0 Å². The van der Waals surface area contributed by atoms with E-state index in [2.05, 4.69) is 4.84 Å². The van der Waals surface area contributed by atoms with Gasteiger partial charge in [0.05, 0.1) is 4.92 Å². The molecule has 0 fully saturated rings. The third-order valence-electron chi connectivity index (χ3n) is 1.26. The van der Waals surface area contributed by atoms with E-state index in [1.165, 1.54) is 18.2 Å². The van der Waals surface area contributed by atoms with Crippen LogP contribution in [0.15, 0.2) is 18.2 Å². The van der Waals surface area contributed by atoms with Gasteiger partial charge in [0.15, 0.2) is 0 Å². The largest absolute Gasteiger partial charge is 0.293 e. The maximum Gasteiger partial charge on any atom is 0.293 e. The number of nitrogens with zero attached hydrogens (tertiary/aromatic N) is 1. The van der Waals surface area contributed by atoms with E-state index >= 15 is 0 Å². The zero-order valence-electron chi connectivity index (χ0n) is 5.75. The summed E-state index contributed by atoms with van der Waals surface area (Å²) < 4.78 is 0. The molecule has 64 valence electrons. The van der Waals surface area contributed by atoms with Crippen LogP contribution < -0.4 is 4.84 Å². The van der Waals surface area contributed by atoms with Gasteiger partial charge in [-0.25, -0.2) is 0 Å². The molecule has 0 spiro atoms. The number of halogens is 2. The molecule has 0 saturated heterocycles. The molecule has 12 heavy (non-hydrogen) atoms. The first-order valence-electron chi connectivity index (χ1n) is 2.95. The van der Waals surface area contributed by atoms with Crippen molar-refractivity contribution < 1.29 is 4.92 Å². The fraction of sp³-hybridized carbons (Fsp3) is 0. The van der Waals surface area contributed by atoms with Crippen molar-refractivity contribution in [2.75, 3.05) is 4.84 Å². The smallest absolute Gasteiger partial charge is 0.292 e. The van der Waals surface area contributed by atoms with Gasteiger partial charge in [-0.2, -0.15) is 0 Å². The third kappa shape index (κ3) is 1.78. The Morgan fingerprint density at radius 3 is 2.67 bits per heavy atom. The van der Waals surface area contributed by atoms with Crippen LogP contribution in [0.3, 0.4) is 0 Å². The molecule has 0 aliphatic carbocycles.